The fraction of sp³-hybridized carbons (Fsp3) is 0.500. The summed E-state index contributed by atoms with van der Waals surface area (Å²) in [5.41, 5.74) is 0.844. The Balaban J connectivity index is 1.93. The van der Waals surface area contributed by atoms with Gasteiger partial charge in [-0.3, -0.25) is 9.69 Å². The van der Waals surface area contributed by atoms with Crippen LogP contribution in [0.4, 0.5) is 0 Å². The predicted molar refractivity (Wildman–Crippen MR) is 70.3 cm³/mol. The molecule has 0 radical (unpaired) electrons. The van der Waals surface area contributed by atoms with Gasteiger partial charge in [-0.05, 0) is 24.9 Å². The summed E-state index contributed by atoms with van der Waals surface area (Å²) in [6.07, 6.45) is 1.13. The molecule has 0 aliphatic carbocycles. The first-order valence-corrected chi connectivity index (χ1v) is 6.38. The van der Waals surface area contributed by atoms with Crippen molar-refractivity contribution in [3.05, 3.63) is 23.8 Å². The molecule has 0 saturated carbocycles. The third-order valence-electron chi connectivity index (χ3n) is 3.52. The van der Waals surface area contributed by atoms with Crippen molar-refractivity contribution in [3.8, 4) is 11.5 Å². The molecule has 1 fully saturated rings. The molecule has 1 aliphatic rings. The number of phenolic OH excluding ortho intramolecular Hbond substituents is 1. The van der Waals surface area contributed by atoms with E-state index in [0.717, 1.165) is 25.1 Å². The summed E-state index contributed by atoms with van der Waals surface area (Å²) in [4.78, 5) is 12.8. The molecule has 0 bridgehead atoms. The fourth-order valence-electron chi connectivity index (χ4n) is 2.52. The standard InChI is InChI=1S/C14H19NO4/c1-19-12-3-2-11(13(16)7-12)9-15-5-4-10(8-15)6-14(17)18/h2-3,7,10,16H,4-6,8-9H2,1H3,(H,17,18). The Morgan fingerprint density at radius 3 is 2.95 bits per heavy atom. The van der Waals surface area contributed by atoms with Crippen LogP contribution in [-0.4, -0.2) is 41.3 Å². The number of aromatic hydroxyl groups is 1. The van der Waals surface area contributed by atoms with Gasteiger partial charge < -0.3 is 14.9 Å². The van der Waals surface area contributed by atoms with Crippen LogP contribution >= 0.6 is 0 Å². The lowest BCUT2D eigenvalue weighted by Gasteiger charge is -2.16. The Kier molecular flexibility index (Phi) is 4.27. The van der Waals surface area contributed by atoms with Gasteiger partial charge in [0.25, 0.3) is 0 Å². The van der Waals surface area contributed by atoms with E-state index in [0.29, 0.717) is 12.3 Å². The van der Waals surface area contributed by atoms with E-state index in [4.69, 9.17) is 9.84 Å². The average Bonchev–Trinajstić information content (AvgIpc) is 2.78. The highest BCUT2D eigenvalue weighted by Crippen LogP contribution is 2.27. The Hall–Kier alpha value is -1.75. The molecule has 2 N–H and O–H groups in total. The topological polar surface area (TPSA) is 70.0 Å². The number of carboxylic acid groups (broad SMARTS) is 1. The minimum atomic E-state index is -0.737. The number of benzene rings is 1. The number of likely N-dealkylation sites (tertiary alicyclic amines) is 1. The summed E-state index contributed by atoms with van der Waals surface area (Å²) in [6, 6.07) is 5.26. The molecule has 1 atom stereocenters. The zero-order valence-electron chi connectivity index (χ0n) is 11.0. The number of carboxylic acids is 1. The number of carbonyl (C=O) groups is 1. The first-order valence-electron chi connectivity index (χ1n) is 6.38. The normalized spacial score (nSPS) is 19.5. The lowest BCUT2D eigenvalue weighted by molar-refractivity contribution is -0.138. The number of aliphatic carboxylic acids is 1. The van der Waals surface area contributed by atoms with Crippen molar-refractivity contribution in [1.29, 1.82) is 0 Å². The SMILES string of the molecule is COc1ccc(CN2CCC(CC(=O)O)C2)c(O)c1. The molecule has 5 nitrogen and oxygen atoms in total. The highest BCUT2D eigenvalue weighted by atomic mass is 16.5. The van der Waals surface area contributed by atoms with Crippen LogP contribution in [-0.2, 0) is 11.3 Å². The largest absolute Gasteiger partial charge is 0.507 e. The number of methoxy groups -OCH3 is 1. The van der Waals surface area contributed by atoms with E-state index < -0.39 is 5.97 Å². The number of hydrogen-bond acceptors (Lipinski definition) is 4. The summed E-state index contributed by atoms with van der Waals surface area (Å²) in [7, 11) is 1.56. The molecule has 5 heteroatoms. The Morgan fingerprint density at radius 2 is 2.32 bits per heavy atom. The number of nitrogens with zero attached hydrogens (tertiary/aromatic N) is 1. The van der Waals surface area contributed by atoms with Crippen LogP contribution in [0.25, 0.3) is 0 Å². The maximum absolute atomic E-state index is 10.7. The van der Waals surface area contributed by atoms with Crippen LogP contribution in [0, 0.1) is 5.92 Å². The molecule has 1 aliphatic heterocycles. The van der Waals surface area contributed by atoms with Crippen LogP contribution in [0.2, 0.25) is 0 Å². The van der Waals surface area contributed by atoms with Gasteiger partial charge >= 0.3 is 5.97 Å². The molecule has 2 rings (SSSR count). The van der Waals surface area contributed by atoms with Crippen molar-refractivity contribution >= 4 is 5.97 Å². The first kappa shape index (κ1) is 13.7. The van der Waals surface area contributed by atoms with E-state index in [-0.39, 0.29) is 18.1 Å². The molecule has 0 aromatic heterocycles. The van der Waals surface area contributed by atoms with E-state index in [1.54, 1.807) is 13.2 Å². The Morgan fingerprint density at radius 1 is 1.53 bits per heavy atom. The minimum absolute atomic E-state index is 0.220. The van der Waals surface area contributed by atoms with Crippen molar-refractivity contribution in [3.63, 3.8) is 0 Å². The predicted octanol–water partition coefficient (Wildman–Crippen LogP) is 1.70. The molecule has 1 heterocycles. The van der Waals surface area contributed by atoms with Gasteiger partial charge in [0, 0.05) is 31.1 Å². The molecule has 19 heavy (non-hydrogen) atoms. The van der Waals surface area contributed by atoms with Crippen LogP contribution in [0.15, 0.2) is 18.2 Å². The number of rotatable bonds is 5. The average molecular weight is 265 g/mol. The van der Waals surface area contributed by atoms with Gasteiger partial charge in [0.1, 0.15) is 11.5 Å². The van der Waals surface area contributed by atoms with Crippen molar-refractivity contribution < 1.29 is 19.7 Å². The van der Waals surface area contributed by atoms with E-state index in [1.807, 2.05) is 12.1 Å². The summed E-state index contributed by atoms with van der Waals surface area (Å²) in [5.74, 6) is 0.337. The zero-order valence-corrected chi connectivity index (χ0v) is 11.0. The van der Waals surface area contributed by atoms with Crippen LogP contribution < -0.4 is 4.74 Å². The highest BCUT2D eigenvalue weighted by molar-refractivity contribution is 5.67. The zero-order chi connectivity index (χ0) is 13.8. The van der Waals surface area contributed by atoms with Crippen LogP contribution in [0.3, 0.4) is 0 Å². The monoisotopic (exact) mass is 265 g/mol. The van der Waals surface area contributed by atoms with Crippen LogP contribution in [0.5, 0.6) is 11.5 Å². The number of phenols is 1. The van der Waals surface area contributed by atoms with Gasteiger partial charge in [-0.2, -0.15) is 0 Å². The Bertz CT molecular complexity index is 461. The number of ether oxygens (including phenoxy) is 1. The second-order valence-corrected chi connectivity index (χ2v) is 4.98. The molecular weight excluding hydrogens is 246 g/mol. The van der Waals surface area contributed by atoms with Crippen LogP contribution in [0.1, 0.15) is 18.4 Å². The Labute approximate surface area is 112 Å². The van der Waals surface area contributed by atoms with Gasteiger partial charge in [-0.15, -0.1) is 0 Å². The first-order chi connectivity index (χ1) is 9.08. The minimum Gasteiger partial charge on any atom is -0.507 e. The second kappa shape index (κ2) is 5.93. The van der Waals surface area contributed by atoms with Crippen molar-refractivity contribution in [2.24, 2.45) is 5.92 Å². The summed E-state index contributed by atoms with van der Waals surface area (Å²) in [5, 5.41) is 18.7. The molecule has 0 spiro atoms. The van der Waals surface area contributed by atoms with Gasteiger partial charge in [-0.25, -0.2) is 0 Å². The molecule has 1 aromatic carbocycles. The van der Waals surface area contributed by atoms with E-state index in [9.17, 15) is 9.90 Å². The van der Waals surface area contributed by atoms with Gasteiger partial charge in [0.15, 0.2) is 0 Å². The third kappa shape index (κ3) is 3.61. The fourth-order valence-corrected chi connectivity index (χ4v) is 2.52. The van der Waals surface area contributed by atoms with Gasteiger partial charge in [0.05, 0.1) is 7.11 Å². The molecule has 1 aromatic rings. The van der Waals surface area contributed by atoms with E-state index in [1.165, 1.54) is 0 Å². The maximum atomic E-state index is 10.7. The number of hydrogen-bond donors (Lipinski definition) is 2. The van der Waals surface area contributed by atoms with Crippen molar-refractivity contribution in [2.45, 2.75) is 19.4 Å². The smallest absolute Gasteiger partial charge is 0.303 e. The second-order valence-electron chi connectivity index (χ2n) is 4.98. The van der Waals surface area contributed by atoms with Crippen molar-refractivity contribution in [2.75, 3.05) is 20.2 Å². The summed E-state index contributed by atoms with van der Waals surface area (Å²) >= 11 is 0. The molecule has 1 saturated heterocycles. The lowest BCUT2D eigenvalue weighted by atomic mass is 10.1. The maximum Gasteiger partial charge on any atom is 0.303 e. The van der Waals surface area contributed by atoms with Crippen molar-refractivity contribution in [1.82, 2.24) is 4.90 Å². The highest BCUT2D eigenvalue weighted by Gasteiger charge is 2.24. The summed E-state index contributed by atoms with van der Waals surface area (Å²) in [6.45, 7) is 2.30. The molecule has 1 unspecified atom stereocenters. The van der Waals surface area contributed by atoms with Gasteiger partial charge in [-0.1, -0.05) is 6.07 Å². The molecule has 104 valence electrons. The molecular formula is C14H19NO4. The molecule has 0 amide bonds. The van der Waals surface area contributed by atoms with E-state index >= 15 is 0 Å². The summed E-state index contributed by atoms with van der Waals surface area (Å²) < 4.78 is 5.04. The van der Waals surface area contributed by atoms with E-state index in [2.05, 4.69) is 4.90 Å². The third-order valence-corrected chi connectivity index (χ3v) is 3.52. The van der Waals surface area contributed by atoms with Gasteiger partial charge in [0.2, 0.25) is 0 Å². The quantitative estimate of drug-likeness (QED) is 0.848. The lowest BCUT2D eigenvalue weighted by Crippen LogP contribution is -2.20.